The Kier molecular flexibility index (Phi) is 4.20. The first kappa shape index (κ1) is 13.9. The van der Waals surface area contributed by atoms with Crippen molar-refractivity contribution in [2.24, 2.45) is 0 Å². The molecule has 1 amide bonds. The van der Waals surface area contributed by atoms with Gasteiger partial charge in [-0.25, -0.2) is 4.39 Å². The Morgan fingerprint density at radius 2 is 2.05 bits per heavy atom. The standard InChI is InChI=1S/C15H15FN2O2/c1-2-20-14-6-4-3-5-11(14)15(19)18-13-8-7-10(16)9-12(13)17/h3-9H,2,17H2,1H3,(H,18,19). The molecule has 0 aliphatic heterocycles. The van der Waals surface area contributed by atoms with Crippen LogP contribution in [-0.4, -0.2) is 12.5 Å². The van der Waals surface area contributed by atoms with Gasteiger partial charge in [-0.15, -0.1) is 0 Å². The molecule has 0 saturated heterocycles. The highest BCUT2D eigenvalue weighted by Crippen LogP contribution is 2.23. The number of carbonyl (C=O) groups is 1. The van der Waals surface area contributed by atoms with Gasteiger partial charge in [0, 0.05) is 0 Å². The summed E-state index contributed by atoms with van der Waals surface area (Å²) >= 11 is 0. The van der Waals surface area contributed by atoms with Crippen LogP contribution in [0.25, 0.3) is 0 Å². The van der Waals surface area contributed by atoms with Gasteiger partial charge in [0.25, 0.3) is 5.91 Å². The molecule has 0 fully saturated rings. The third-order valence-corrected chi connectivity index (χ3v) is 2.69. The summed E-state index contributed by atoms with van der Waals surface area (Å²) < 4.78 is 18.4. The van der Waals surface area contributed by atoms with Crippen LogP contribution in [-0.2, 0) is 0 Å². The van der Waals surface area contributed by atoms with Gasteiger partial charge in [0.1, 0.15) is 11.6 Å². The minimum absolute atomic E-state index is 0.173. The molecule has 0 aliphatic rings. The number of rotatable bonds is 4. The predicted molar refractivity (Wildman–Crippen MR) is 76.4 cm³/mol. The zero-order valence-corrected chi connectivity index (χ0v) is 11.0. The van der Waals surface area contributed by atoms with E-state index in [1.165, 1.54) is 12.1 Å². The van der Waals surface area contributed by atoms with Gasteiger partial charge < -0.3 is 15.8 Å². The summed E-state index contributed by atoms with van der Waals surface area (Å²) in [6.45, 7) is 2.30. The summed E-state index contributed by atoms with van der Waals surface area (Å²) in [6, 6.07) is 10.7. The van der Waals surface area contributed by atoms with E-state index in [2.05, 4.69) is 5.32 Å². The summed E-state index contributed by atoms with van der Waals surface area (Å²) in [5, 5.41) is 2.64. The van der Waals surface area contributed by atoms with Crippen LogP contribution in [0.15, 0.2) is 42.5 Å². The number of amides is 1. The fourth-order valence-corrected chi connectivity index (χ4v) is 1.77. The van der Waals surface area contributed by atoms with E-state index in [9.17, 15) is 9.18 Å². The number of anilines is 2. The number of hydrogen-bond donors (Lipinski definition) is 2. The number of nitrogen functional groups attached to an aromatic ring is 1. The lowest BCUT2D eigenvalue weighted by molar-refractivity contribution is 0.102. The lowest BCUT2D eigenvalue weighted by Crippen LogP contribution is -2.14. The van der Waals surface area contributed by atoms with Crippen LogP contribution >= 0.6 is 0 Å². The van der Waals surface area contributed by atoms with E-state index < -0.39 is 5.82 Å². The lowest BCUT2D eigenvalue weighted by Gasteiger charge is -2.11. The quantitative estimate of drug-likeness (QED) is 0.842. The molecule has 2 aromatic carbocycles. The van der Waals surface area contributed by atoms with E-state index in [1.807, 2.05) is 6.92 Å². The molecule has 0 atom stereocenters. The Bertz CT molecular complexity index is 629. The van der Waals surface area contributed by atoms with Gasteiger partial charge >= 0.3 is 0 Å². The second-order valence-electron chi connectivity index (χ2n) is 4.11. The molecule has 20 heavy (non-hydrogen) atoms. The Balaban J connectivity index is 2.24. The van der Waals surface area contributed by atoms with Crippen LogP contribution in [0, 0.1) is 5.82 Å². The third-order valence-electron chi connectivity index (χ3n) is 2.69. The molecule has 0 aromatic heterocycles. The molecule has 2 rings (SSSR count). The number of halogens is 1. The normalized spacial score (nSPS) is 10.1. The maximum absolute atomic E-state index is 13.0. The summed E-state index contributed by atoms with van der Waals surface area (Å²) in [4.78, 5) is 12.2. The highest BCUT2D eigenvalue weighted by Gasteiger charge is 2.13. The van der Waals surface area contributed by atoms with Crippen molar-refractivity contribution in [1.29, 1.82) is 0 Å². The number of nitrogens with one attached hydrogen (secondary N) is 1. The molecule has 0 aliphatic carbocycles. The number of nitrogens with two attached hydrogens (primary N) is 1. The van der Waals surface area contributed by atoms with Crippen LogP contribution < -0.4 is 15.8 Å². The number of ether oxygens (including phenoxy) is 1. The van der Waals surface area contributed by atoms with Crippen LogP contribution in [0.3, 0.4) is 0 Å². The van der Waals surface area contributed by atoms with Crippen LogP contribution in [0.1, 0.15) is 17.3 Å². The average molecular weight is 274 g/mol. The second kappa shape index (κ2) is 6.06. The summed E-state index contributed by atoms with van der Waals surface area (Å²) in [7, 11) is 0. The smallest absolute Gasteiger partial charge is 0.259 e. The van der Waals surface area contributed by atoms with Gasteiger partial charge in [0.05, 0.1) is 23.5 Å². The van der Waals surface area contributed by atoms with Gasteiger partial charge in [-0.2, -0.15) is 0 Å². The molecule has 0 unspecified atom stereocenters. The van der Waals surface area contributed by atoms with Crippen LogP contribution in [0.5, 0.6) is 5.75 Å². The molecule has 0 saturated carbocycles. The molecule has 0 heterocycles. The van der Waals surface area contributed by atoms with Crippen LogP contribution in [0.2, 0.25) is 0 Å². The molecule has 0 radical (unpaired) electrons. The summed E-state index contributed by atoms with van der Waals surface area (Å²) in [5.41, 5.74) is 6.60. The van der Waals surface area contributed by atoms with E-state index in [-0.39, 0.29) is 11.6 Å². The number of para-hydroxylation sites is 1. The highest BCUT2D eigenvalue weighted by atomic mass is 19.1. The fraction of sp³-hybridized carbons (Fsp3) is 0.133. The average Bonchev–Trinajstić information content (AvgIpc) is 2.43. The van der Waals surface area contributed by atoms with E-state index in [4.69, 9.17) is 10.5 Å². The molecule has 0 bridgehead atoms. The molecule has 4 nitrogen and oxygen atoms in total. The van der Waals surface area contributed by atoms with Gasteiger partial charge in [-0.05, 0) is 37.3 Å². The molecule has 104 valence electrons. The molecular weight excluding hydrogens is 259 g/mol. The molecular formula is C15H15FN2O2. The second-order valence-corrected chi connectivity index (χ2v) is 4.11. The van der Waals surface area contributed by atoms with Crippen molar-refractivity contribution in [2.45, 2.75) is 6.92 Å². The Morgan fingerprint density at radius 3 is 2.75 bits per heavy atom. The van der Waals surface area contributed by atoms with Crippen molar-refractivity contribution in [3.05, 3.63) is 53.8 Å². The van der Waals surface area contributed by atoms with E-state index >= 15 is 0 Å². The zero-order valence-electron chi connectivity index (χ0n) is 11.0. The highest BCUT2D eigenvalue weighted by molar-refractivity contribution is 6.07. The first-order chi connectivity index (χ1) is 9.61. The lowest BCUT2D eigenvalue weighted by atomic mass is 10.1. The maximum atomic E-state index is 13.0. The van der Waals surface area contributed by atoms with Gasteiger partial charge in [-0.1, -0.05) is 12.1 Å². The van der Waals surface area contributed by atoms with Gasteiger partial charge in [-0.3, -0.25) is 4.79 Å². The van der Waals surface area contributed by atoms with E-state index in [1.54, 1.807) is 24.3 Å². The molecule has 5 heteroatoms. The van der Waals surface area contributed by atoms with E-state index in [0.717, 1.165) is 6.07 Å². The fourth-order valence-electron chi connectivity index (χ4n) is 1.77. The van der Waals surface area contributed by atoms with Crippen molar-refractivity contribution in [2.75, 3.05) is 17.7 Å². The Labute approximate surface area is 116 Å². The number of hydrogen-bond acceptors (Lipinski definition) is 3. The van der Waals surface area contributed by atoms with E-state index in [0.29, 0.717) is 23.6 Å². The first-order valence-electron chi connectivity index (χ1n) is 6.20. The Morgan fingerprint density at radius 1 is 1.30 bits per heavy atom. The molecule has 3 N–H and O–H groups in total. The van der Waals surface area contributed by atoms with Crippen molar-refractivity contribution < 1.29 is 13.9 Å². The van der Waals surface area contributed by atoms with Crippen molar-refractivity contribution >= 4 is 17.3 Å². The zero-order chi connectivity index (χ0) is 14.5. The third kappa shape index (κ3) is 3.06. The summed E-state index contributed by atoms with van der Waals surface area (Å²) in [6.07, 6.45) is 0. The number of carbonyl (C=O) groups excluding carboxylic acids is 1. The largest absolute Gasteiger partial charge is 0.493 e. The Hall–Kier alpha value is -2.56. The topological polar surface area (TPSA) is 64.3 Å². The van der Waals surface area contributed by atoms with Crippen LogP contribution in [0.4, 0.5) is 15.8 Å². The van der Waals surface area contributed by atoms with Gasteiger partial charge in [0.15, 0.2) is 0 Å². The molecule has 2 aromatic rings. The monoisotopic (exact) mass is 274 g/mol. The predicted octanol–water partition coefficient (Wildman–Crippen LogP) is 3.06. The minimum atomic E-state index is -0.449. The SMILES string of the molecule is CCOc1ccccc1C(=O)Nc1ccc(F)cc1N. The number of benzene rings is 2. The first-order valence-corrected chi connectivity index (χ1v) is 6.20. The van der Waals surface area contributed by atoms with Crippen molar-refractivity contribution in [1.82, 2.24) is 0 Å². The van der Waals surface area contributed by atoms with Crippen molar-refractivity contribution in [3.8, 4) is 5.75 Å². The molecule has 0 spiro atoms. The summed E-state index contributed by atoms with van der Waals surface area (Å²) in [5.74, 6) is -0.309. The maximum Gasteiger partial charge on any atom is 0.259 e. The van der Waals surface area contributed by atoms with Crippen molar-refractivity contribution in [3.63, 3.8) is 0 Å². The minimum Gasteiger partial charge on any atom is -0.493 e. The van der Waals surface area contributed by atoms with Gasteiger partial charge in [0.2, 0.25) is 0 Å².